The van der Waals surface area contributed by atoms with E-state index in [0.717, 1.165) is 79.2 Å². The number of para-hydroxylation sites is 2. The van der Waals surface area contributed by atoms with Crippen LogP contribution in [0.15, 0.2) is 155 Å². The number of hydrogen-bond donors (Lipinski definition) is 5. The van der Waals surface area contributed by atoms with Crippen LogP contribution < -0.4 is 9.44 Å². The van der Waals surface area contributed by atoms with Crippen LogP contribution in [-0.4, -0.2) is 50.1 Å². The number of benzene rings is 6. The van der Waals surface area contributed by atoms with Crippen LogP contribution >= 0.6 is 0 Å². The fourth-order valence-electron chi connectivity index (χ4n) is 7.76. The van der Waals surface area contributed by atoms with E-state index in [1.165, 1.54) is 24.3 Å². The van der Waals surface area contributed by atoms with Crippen LogP contribution in [0.5, 0.6) is 0 Å². The molecule has 0 fully saturated rings. The molecule has 0 aliphatic rings. The number of carbonyl (C=O) groups is 3. The van der Waals surface area contributed by atoms with E-state index in [9.17, 15) is 46.5 Å². The summed E-state index contributed by atoms with van der Waals surface area (Å²) < 4.78 is 57.1. The van der Waals surface area contributed by atoms with E-state index in [0.29, 0.717) is 41.8 Å². The largest absolute Gasteiger partial charge is 0.478 e. The Balaban J connectivity index is 0.000000255. The van der Waals surface area contributed by atoms with Crippen molar-refractivity contribution in [2.24, 2.45) is 0 Å². The Morgan fingerprint density at radius 1 is 0.441 bits per heavy atom. The predicted octanol–water partition coefficient (Wildman–Crippen LogP) is 11.7. The molecule has 0 aromatic heterocycles. The predicted molar refractivity (Wildman–Crippen MR) is 267 cm³/mol. The first kappa shape index (κ1) is 52.2. The topological polar surface area (TPSA) is 204 Å². The molecule has 6 aromatic rings. The molecule has 0 bridgehead atoms. The summed E-state index contributed by atoms with van der Waals surface area (Å²) in [6, 6.07) is 41.2. The number of sulfonamides is 2. The molecule has 14 heteroatoms. The van der Waals surface area contributed by atoms with Gasteiger partial charge >= 0.3 is 17.9 Å². The normalized spacial score (nSPS) is 11.5. The molecule has 0 aliphatic heterocycles. The number of anilines is 2. The number of nitrogens with one attached hydrogen (secondary N) is 2. The lowest BCUT2D eigenvalue weighted by molar-refractivity contribution is 0.0683. The highest BCUT2D eigenvalue weighted by Crippen LogP contribution is 2.29. The molecule has 0 atom stereocenters. The van der Waals surface area contributed by atoms with E-state index in [2.05, 4.69) is 30.2 Å². The van der Waals surface area contributed by atoms with Gasteiger partial charge in [-0.3, -0.25) is 9.44 Å². The monoisotopic (exact) mass is 960 g/mol. The number of aryl methyl sites for hydroxylation is 4. The van der Waals surface area contributed by atoms with Crippen LogP contribution in [-0.2, 0) is 51.1 Å². The Morgan fingerprint density at radius 2 is 0.794 bits per heavy atom. The minimum Gasteiger partial charge on any atom is -0.478 e. The molecule has 358 valence electrons. The molecule has 0 saturated carbocycles. The molecule has 5 N–H and O–H groups in total. The van der Waals surface area contributed by atoms with E-state index < -0.39 is 38.0 Å². The number of carboxylic acid groups (broad SMARTS) is 3. The third-order valence-electron chi connectivity index (χ3n) is 12.0. The zero-order valence-corrected chi connectivity index (χ0v) is 40.3. The molecular formula is C54H60N2O10S2. The summed E-state index contributed by atoms with van der Waals surface area (Å²) in [7, 11) is -7.78. The van der Waals surface area contributed by atoms with Crippen LogP contribution in [0.4, 0.5) is 11.4 Å². The maximum absolute atomic E-state index is 13.0. The van der Waals surface area contributed by atoms with E-state index in [4.69, 9.17) is 0 Å². The van der Waals surface area contributed by atoms with Gasteiger partial charge in [0.15, 0.2) is 0 Å². The van der Waals surface area contributed by atoms with Crippen LogP contribution in [0.2, 0.25) is 0 Å². The standard InChI is InChI=1S/C29H35NO4S.C25H25NO6S/c1-4-29(2,3)24-18-20-25(21-19-24)35(33,34)30-27-17-11-9-15-23(27)14-7-5-6-12-22-13-8-10-16-26(22)28(31)32;27-24(28)20-14-6-4-11-18(20)10-2-1-3-12-19-13-5-8-16-22(19)26-33(31,32)23-17-9-7-15-21(23)25(29)30/h8-11,13,15-21,30H,4-7,12,14H2,1-3H3,(H,31,32);4-9,11,13-17,26H,1-3,10,12H2,(H,27,28)(H,29,30). The Hall–Kier alpha value is -6.77. The second kappa shape index (κ2) is 24.3. The van der Waals surface area contributed by atoms with Crippen molar-refractivity contribution in [3.63, 3.8) is 0 Å². The van der Waals surface area contributed by atoms with Gasteiger partial charge in [0, 0.05) is 0 Å². The van der Waals surface area contributed by atoms with Crippen molar-refractivity contribution in [2.75, 3.05) is 9.44 Å². The third kappa shape index (κ3) is 14.6. The fraction of sp³-hybridized carbons (Fsp3) is 0.278. The van der Waals surface area contributed by atoms with Crippen molar-refractivity contribution in [3.8, 4) is 0 Å². The molecule has 0 heterocycles. The maximum atomic E-state index is 13.0. The molecule has 6 aromatic carbocycles. The lowest BCUT2D eigenvalue weighted by Crippen LogP contribution is -2.17. The number of carboxylic acids is 3. The van der Waals surface area contributed by atoms with Crippen LogP contribution in [0.25, 0.3) is 0 Å². The number of hydrogen-bond acceptors (Lipinski definition) is 7. The summed E-state index contributed by atoms with van der Waals surface area (Å²) in [6.07, 6.45) is 8.82. The fourth-order valence-corrected chi connectivity index (χ4v) is 10.2. The van der Waals surface area contributed by atoms with Gasteiger partial charge in [-0.05, 0) is 140 Å². The van der Waals surface area contributed by atoms with E-state index in [-0.39, 0.29) is 20.8 Å². The number of rotatable bonds is 23. The zero-order valence-electron chi connectivity index (χ0n) is 38.7. The van der Waals surface area contributed by atoms with E-state index >= 15 is 0 Å². The first-order valence-corrected chi connectivity index (χ1v) is 25.7. The van der Waals surface area contributed by atoms with Crippen LogP contribution in [0.3, 0.4) is 0 Å². The van der Waals surface area contributed by atoms with E-state index in [1.54, 1.807) is 54.6 Å². The summed E-state index contributed by atoms with van der Waals surface area (Å²) >= 11 is 0. The van der Waals surface area contributed by atoms with Gasteiger partial charge in [-0.25, -0.2) is 31.2 Å². The SMILES string of the molecule is CCC(C)(C)c1ccc(S(=O)(=O)Nc2ccccc2CCCCCc2ccccc2C(=O)O)cc1.O=C(O)c1ccccc1CCCCCc1ccccc1NS(=O)(=O)c1ccccc1C(=O)O. The summed E-state index contributed by atoms with van der Waals surface area (Å²) in [4.78, 5) is 34.1. The molecule has 12 nitrogen and oxygen atoms in total. The average molecular weight is 961 g/mol. The second-order valence-corrected chi connectivity index (χ2v) is 20.5. The van der Waals surface area contributed by atoms with Crippen molar-refractivity contribution in [3.05, 3.63) is 190 Å². The highest BCUT2D eigenvalue weighted by Gasteiger charge is 2.24. The lowest BCUT2D eigenvalue weighted by atomic mass is 9.82. The summed E-state index contributed by atoms with van der Waals surface area (Å²) in [5.41, 5.74) is 5.92. The van der Waals surface area contributed by atoms with Gasteiger partial charge in [-0.2, -0.15) is 0 Å². The molecular weight excluding hydrogens is 901 g/mol. The lowest BCUT2D eigenvalue weighted by Gasteiger charge is -2.23. The van der Waals surface area contributed by atoms with Crippen molar-refractivity contribution in [1.82, 2.24) is 0 Å². The molecule has 68 heavy (non-hydrogen) atoms. The molecule has 0 spiro atoms. The second-order valence-electron chi connectivity index (χ2n) is 17.1. The molecule has 0 unspecified atom stereocenters. The van der Waals surface area contributed by atoms with E-state index in [1.807, 2.05) is 66.7 Å². The van der Waals surface area contributed by atoms with Crippen molar-refractivity contribution < 1.29 is 46.5 Å². The number of aromatic carboxylic acids is 3. The molecule has 0 saturated heterocycles. The van der Waals surface area contributed by atoms with Gasteiger partial charge < -0.3 is 15.3 Å². The smallest absolute Gasteiger partial charge is 0.337 e. The molecule has 0 aliphatic carbocycles. The first-order valence-electron chi connectivity index (χ1n) is 22.7. The highest BCUT2D eigenvalue weighted by atomic mass is 32.2. The zero-order chi connectivity index (χ0) is 49.3. The first-order chi connectivity index (χ1) is 32.4. The van der Waals surface area contributed by atoms with Gasteiger partial charge in [0.05, 0.1) is 33.0 Å². The van der Waals surface area contributed by atoms with Crippen LogP contribution in [0.1, 0.15) is 125 Å². The Labute approximate surface area is 400 Å². The Kier molecular flexibility index (Phi) is 18.7. The van der Waals surface area contributed by atoms with Crippen molar-refractivity contribution >= 4 is 49.3 Å². The van der Waals surface area contributed by atoms with Gasteiger partial charge in [-0.15, -0.1) is 0 Å². The minimum absolute atomic E-state index is 0.00196. The Bertz CT molecular complexity index is 2900. The quantitative estimate of drug-likeness (QED) is 0.0384. The molecule has 0 amide bonds. The van der Waals surface area contributed by atoms with Gasteiger partial charge in [-0.1, -0.05) is 131 Å². The third-order valence-corrected chi connectivity index (χ3v) is 14.8. The van der Waals surface area contributed by atoms with Crippen LogP contribution in [0, 0.1) is 0 Å². The minimum atomic E-state index is -4.08. The summed E-state index contributed by atoms with van der Waals surface area (Å²) in [6.45, 7) is 6.42. The summed E-state index contributed by atoms with van der Waals surface area (Å²) in [5, 5.41) is 27.9. The number of unbranched alkanes of at least 4 members (excludes halogenated alkanes) is 4. The maximum Gasteiger partial charge on any atom is 0.337 e. The summed E-state index contributed by atoms with van der Waals surface area (Å²) in [5.74, 6) is -3.14. The van der Waals surface area contributed by atoms with Gasteiger partial charge in [0.1, 0.15) is 4.90 Å². The highest BCUT2D eigenvalue weighted by molar-refractivity contribution is 7.93. The van der Waals surface area contributed by atoms with Crippen molar-refractivity contribution in [2.45, 2.75) is 107 Å². The van der Waals surface area contributed by atoms with Gasteiger partial charge in [0.2, 0.25) is 0 Å². The van der Waals surface area contributed by atoms with Gasteiger partial charge in [0.25, 0.3) is 20.0 Å². The Morgan fingerprint density at radius 3 is 1.22 bits per heavy atom. The average Bonchev–Trinajstić information content (AvgIpc) is 3.32. The van der Waals surface area contributed by atoms with Crippen molar-refractivity contribution in [1.29, 1.82) is 0 Å². The molecule has 6 rings (SSSR count). The molecule has 0 radical (unpaired) electrons.